The maximum atomic E-state index is 4.64. The third-order valence-electron chi connectivity index (χ3n) is 10.8. The normalized spacial score (nSPS) is 24.0. The minimum atomic E-state index is 0.187. The summed E-state index contributed by atoms with van der Waals surface area (Å²) in [6.45, 7) is 32.3. The van der Waals surface area contributed by atoms with Gasteiger partial charge in [0.05, 0.1) is 0 Å². The molecule has 0 N–H and O–H groups in total. The molecule has 0 bridgehead atoms. The molecular formula is C44H58. The van der Waals surface area contributed by atoms with Crippen molar-refractivity contribution in [1.82, 2.24) is 0 Å². The van der Waals surface area contributed by atoms with Gasteiger partial charge in [0.2, 0.25) is 0 Å². The van der Waals surface area contributed by atoms with E-state index >= 15 is 0 Å². The summed E-state index contributed by atoms with van der Waals surface area (Å²) in [6.07, 6.45) is 16.7. The van der Waals surface area contributed by atoms with Crippen LogP contribution in [-0.4, -0.2) is 0 Å². The zero-order chi connectivity index (χ0) is 32.0. The third-order valence-corrected chi connectivity index (χ3v) is 10.8. The number of aryl methyl sites for hydroxylation is 2. The van der Waals surface area contributed by atoms with Gasteiger partial charge in [-0.3, -0.25) is 0 Å². The Morgan fingerprint density at radius 2 is 1.68 bits per heavy atom. The first-order valence-electron chi connectivity index (χ1n) is 17.3. The molecule has 1 saturated carbocycles. The van der Waals surface area contributed by atoms with E-state index in [0.29, 0.717) is 17.8 Å². The van der Waals surface area contributed by atoms with E-state index in [-0.39, 0.29) is 10.8 Å². The van der Waals surface area contributed by atoms with Crippen molar-refractivity contribution >= 4 is 6.08 Å². The molecule has 2 aromatic carbocycles. The first-order valence-corrected chi connectivity index (χ1v) is 17.3. The smallest absolute Gasteiger partial charge is 0.00827 e. The van der Waals surface area contributed by atoms with Crippen molar-refractivity contribution in [1.29, 1.82) is 0 Å². The molecule has 5 rings (SSSR count). The molecule has 4 unspecified atom stereocenters. The van der Waals surface area contributed by atoms with Crippen molar-refractivity contribution in [2.75, 3.05) is 0 Å². The second-order valence-electron chi connectivity index (χ2n) is 16.8. The van der Waals surface area contributed by atoms with Gasteiger partial charge >= 0.3 is 0 Å². The molecule has 0 saturated heterocycles. The van der Waals surface area contributed by atoms with Crippen LogP contribution in [0.4, 0.5) is 0 Å². The molecule has 4 atom stereocenters. The third kappa shape index (κ3) is 7.17. The molecule has 0 aromatic heterocycles. The van der Waals surface area contributed by atoms with E-state index in [1.165, 1.54) is 87.8 Å². The maximum absolute atomic E-state index is 4.64. The Morgan fingerprint density at radius 1 is 0.932 bits per heavy atom. The Balaban J connectivity index is 1.39. The van der Waals surface area contributed by atoms with Crippen LogP contribution in [-0.2, 0) is 12.8 Å². The number of hydrogen-bond donors (Lipinski definition) is 0. The minimum absolute atomic E-state index is 0.187. The number of rotatable bonds is 7. The van der Waals surface area contributed by atoms with Gasteiger partial charge in [0.15, 0.2) is 0 Å². The van der Waals surface area contributed by atoms with Crippen LogP contribution in [0.15, 0.2) is 84.5 Å². The predicted molar refractivity (Wildman–Crippen MR) is 194 cm³/mol. The summed E-state index contributed by atoms with van der Waals surface area (Å²) in [5, 5.41) is 0. The summed E-state index contributed by atoms with van der Waals surface area (Å²) in [6, 6.07) is 11.9. The van der Waals surface area contributed by atoms with Gasteiger partial charge in [0.1, 0.15) is 0 Å². The SMILES string of the molecule is C=C1C=CC(CC(C)(C)C)C(=C)C1CC1=Cc2cccc(-c3cc(C)cc(C)c3CC3CCCC(C(=C)C(C)(C)C)C3)c2C1. The van der Waals surface area contributed by atoms with Gasteiger partial charge in [-0.25, -0.2) is 0 Å². The molecule has 0 spiro atoms. The highest BCUT2D eigenvalue weighted by atomic mass is 14.4. The maximum Gasteiger partial charge on any atom is 0.00827 e. The zero-order valence-electron chi connectivity index (χ0n) is 29.2. The van der Waals surface area contributed by atoms with Gasteiger partial charge in [-0.1, -0.05) is 145 Å². The fraction of sp³-hybridized carbons (Fsp3) is 0.500. The summed E-state index contributed by atoms with van der Waals surface area (Å²) < 4.78 is 0. The highest BCUT2D eigenvalue weighted by molar-refractivity contribution is 5.80. The van der Waals surface area contributed by atoms with Gasteiger partial charge in [0.25, 0.3) is 0 Å². The number of fused-ring (bicyclic) bond motifs is 1. The fourth-order valence-corrected chi connectivity index (χ4v) is 8.38. The van der Waals surface area contributed by atoms with Crippen LogP contribution >= 0.6 is 0 Å². The standard InChI is InChI=1S/C44H58/c1-28-20-30(3)40(24-33-14-12-15-35(22-33)32(5)44(9,10)11)42(21-28)38-17-13-16-36-23-34(26-41(36)38)25-39-29(2)18-19-37(31(39)4)27-43(6,7)8/h13,16-21,23,33,35,37,39H,2,4-5,12,14-15,22,24-27H2,1,3,6-11H3. The van der Waals surface area contributed by atoms with E-state index < -0.39 is 0 Å². The summed E-state index contributed by atoms with van der Waals surface area (Å²) in [5.41, 5.74) is 16.2. The second-order valence-corrected chi connectivity index (χ2v) is 16.8. The number of allylic oxidation sites excluding steroid dienone is 6. The van der Waals surface area contributed by atoms with Crippen molar-refractivity contribution in [2.24, 2.45) is 34.5 Å². The fourth-order valence-electron chi connectivity index (χ4n) is 8.38. The topological polar surface area (TPSA) is 0 Å². The highest BCUT2D eigenvalue weighted by Gasteiger charge is 2.32. The predicted octanol–water partition coefficient (Wildman–Crippen LogP) is 12.6. The lowest BCUT2D eigenvalue weighted by atomic mass is 9.69. The van der Waals surface area contributed by atoms with Crippen LogP contribution in [0.1, 0.15) is 108 Å². The van der Waals surface area contributed by atoms with Crippen molar-refractivity contribution in [3.05, 3.63) is 112 Å². The highest BCUT2D eigenvalue weighted by Crippen LogP contribution is 2.46. The molecule has 3 aliphatic carbocycles. The van der Waals surface area contributed by atoms with Crippen molar-refractivity contribution in [2.45, 2.75) is 107 Å². The Labute approximate surface area is 270 Å². The molecule has 0 nitrogen and oxygen atoms in total. The first-order chi connectivity index (χ1) is 20.6. The molecule has 0 aliphatic heterocycles. The van der Waals surface area contributed by atoms with Crippen molar-refractivity contribution in [3.8, 4) is 11.1 Å². The van der Waals surface area contributed by atoms with E-state index in [4.69, 9.17) is 0 Å². The lowest BCUT2D eigenvalue weighted by molar-refractivity contribution is 0.265. The van der Waals surface area contributed by atoms with E-state index in [0.717, 1.165) is 25.2 Å². The summed E-state index contributed by atoms with van der Waals surface area (Å²) in [5.74, 6) is 2.13. The van der Waals surface area contributed by atoms with E-state index in [2.05, 4.69) is 124 Å². The van der Waals surface area contributed by atoms with Gasteiger partial charge in [-0.05, 0) is 120 Å². The second kappa shape index (κ2) is 12.5. The molecule has 0 heteroatoms. The molecule has 1 fully saturated rings. The number of benzene rings is 2. The zero-order valence-corrected chi connectivity index (χ0v) is 29.2. The molecule has 234 valence electrons. The van der Waals surface area contributed by atoms with Gasteiger partial charge in [-0.2, -0.15) is 0 Å². The monoisotopic (exact) mass is 586 g/mol. The molecule has 0 radical (unpaired) electrons. The summed E-state index contributed by atoms with van der Waals surface area (Å²) >= 11 is 0. The van der Waals surface area contributed by atoms with Crippen LogP contribution < -0.4 is 0 Å². The lowest BCUT2D eigenvalue weighted by Crippen LogP contribution is -2.24. The Bertz CT molecular complexity index is 1500. The Morgan fingerprint density at radius 3 is 2.39 bits per heavy atom. The summed E-state index contributed by atoms with van der Waals surface area (Å²) in [4.78, 5) is 0. The van der Waals surface area contributed by atoms with Gasteiger partial charge < -0.3 is 0 Å². The average Bonchev–Trinajstić information content (AvgIpc) is 3.35. The molecule has 3 aliphatic rings. The number of hydrogen-bond acceptors (Lipinski definition) is 0. The van der Waals surface area contributed by atoms with Crippen LogP contribution in [0.2, 0.25) is 0 Å². The quantitative estimate of drug-likeness (QED) is 0.283. The molecule has 2 aromatic rings. The van der Waals surface area contributed by atoms with Crippen molar-refractivity contribution in [3.63, 3.8) is 0 Å². The minimum Gasteiger partial charge on any atom is -0.0991 e. The van der Waals surface area contributed by atoms with Crippen molar-refractivity contribution < 1.29 is 0 Å². The van der Waals surface area contributed by atoms with Crippen LogP contribution in [0.3, 0.4) is 0 Å². The van der Waals surface area contributed by atoms with E-state index in [9.17, 15) is 0 Å². The molecule has 0 amide bonds. The lowest BCUT2D eigenvalue weighted by Gasteiger charge is -2.36. The van der Waals surface area contributed by atoms with Gasteiger partial charge in [0, 0.05) is 5.92 Å². The first kappa shape index (κ1) is 32.5. The Kier molecular flexibility index (Phi) is 9.24. The largest absolute Gasteiger partial charge is 0.0991 e. The van der Waals surface area contributed by atoms with E-state index in [1.807, 2.05) is 0 Å². The molecule has 44 heavy (non-hydrogen) atoms. The van der Waals surface area contributed by atoms with Crippen LogP contribution in [0, 0.1) is 48.3 Å². The molecule has 0 heterocycles. The average molecular weight is 587 g/mol. The Hall–Kier alpha value is -2.86. The van der Waals surface area contributed by atoms with Gasteiger partial charge in [-0.15, -0.1) is 0 Å². The van der Waals surface area contributed by atoms with E-state index in [1.54, 1.807) is 5.56 Å². The molecular weight excluding hydrogens is 528 g/mol. The summed E-state index contributed by atoms with van der Waals surface area (Å²) in [7, 11) is 0. The van der Waals surface area contributed by atoms with Crippen LogP contribution in [0.25, 0.3) is 17.2 Å². The van der Waals surface area contributed by atoms with Crippen LogP contribution in [0.5, 0.6) is 0 Å².